The van der Waals surface area contributed by atoms with E-state index in [-0.39, 0.29) is 17.6 Å². The molecule has 0 saturated heterocycles. The van der Waals surface area contributed by atoms with Crippen molar-refractivity contribution in [1.29, 1.82) is 0 Å². The number of hydrogen-bond donors (Lipinski definition) is 2. The van der Waals surface area contributed by atoms with Crippen LogP contribution in [0.15, 0.2) is 16.9 Å². The number of pyridine rings is 1. The van der Waals surface area contributed by atoms with Gasteiger partial charge in [-0.05, 0) is 38.7 Å². The third kappa shape index (κ3) is 2.87. The van der Waals surface area contributed by atoms with E-state index in [1.54, 1.807) is 13.8 Å². The van der Waals surface area contributed by atoms with Crippen molar-refractivity contribution >= 4 is 5.97 Å². The summed E-state index contributed by atoms with van der Waals surface area (Å²) in [6, 6.07) is 3.44. The molecule has 104 valence electrons. The Morgan fingerprint density at radius 3 is 2.89 bits per heavy atom. The van der Waals surface area contributed by atoms with Crippen LogP contribution in [0.2, 0.25) is 0 Å². The number of aromatic nitrogens is 1. The third-order valence-corrected chi connectivity index (χ3v) is 3.56. The molecule has 1 heterocycles. The summed E-state index contributed by atoms with van der Waals surface area (Å²) in [5.74, 6) is -0.288. The highest BCUT2D eigenvalue weighted by Gasteiger charge is 2.33. The van der Waals surface area contributed by atoms with Gasteiger partial charge in [-0.1, -0.05) is 6.07 Å². The predicted octanol–water partition coefficient (Wildman–Crippen LogP) is 1.29. The Morgan fingerprint density at radius 1 is 1.47 bits per heavy atom. The van der Waals surface area contributed by atoms with Crippen molar-refractivity contribution in [3.05, 3.63) is 33.7 Å². The predicted molar refractivity (Wildman–Crippen MR) is 72.0 cm³/mol. The van der Waals surface area contributed by atoms with Crippen LogP contribution in [0.3, 0.4) is 0 Å². The summed E-state index contributed by atoms with van der Waals surface area (Å²) in [6.07, 6.45) is 2.81. The van der Waals surface area contributed by atoms with Gasteiger partial charge in [-0.15, -0.1) is 0 Å². The molecule has 0 aliphatic heterocycles. The molecule has 0 amide bonds. The van der Waals surface area contributed by atoms with Gasteiger partial charge in [0.15, 0.2) is 0 Å². The summed E-state index contributed by atoms with van der Waals surface area (Å²) in [7, 11) is 1.39. The number of H-pyrrole nitrogens is 1. The lowest BCUT2D eigenvalue weighted by Gasteiger charge is -2.33. The van der Waals surface area contributed by atoms with Crippen LogP contribution in [0.1, 0.15) is 44.0 Å². The van der Waals surface area contributed by atoms with Gasteiger partial charge in [0.1, 0.15) is 5.54 Å². The van der Waals surface area contributed by atoms with E-state index in [0.29, 0.717) is 0 Å². The molecule has 19 heavy (non-hydrogen) atoms. The Hall–Kier alpha value is -1.62. The molecule has 0 radical (unpaired) electrons. The zero-order valence-electron chi connectivity index (χ0n) is 11.6. The number of esters is 1. The van der Waals surface area contributed by atoms with Crippen molar-refractivity contribution in [3.63, 3.8) is 0 Å². The summed E-state index contributed by atoms with van der Waals surface area (Å²) in [5, 5.41) is 3.32. The molecule has 0 spiro atoms. The SMILES string of the molecule is COC(=O)C(C)(C)NC1CCCc2[nH]c(=O)ccc21. The van der Waals surface area contributed by atoms with Gasteiger partial charge in [-0.3, -0.25) is 14.9 Å². The maximum atomic E-state index is 11.7. The average molecular weight is 264 g/mol. The number of rotatable bonds is 3. The quantitative estimate of drug-likeness (QED) is 0.807. The van der Waals surface area contributed by atoms with E-state index in [2.05, 4.69) is 10.3 Å². The molecule has 1 aliphatic rings. The van der Waals surface area contributed by atoms with E-state index in [1.807, 2.05) is 6.07 Å². The Labute approximate surface area is 112 Å². The summed E-state index contributed by atoms with van der Waals surface area (Å²) in [6.45, 7) is 3.61. The Kier molecular flexibility index (Phi) is 3.75. The van der Waals surface area contributed by atoms with Crippen LogP contribution in [0.4, 0.5) is 0 Å². The van der Waals surface area contributed by atoms with Crippen molar-refractivity contribution in [2.24, 2.45) is 0 Å². The average Bonchev–Trinajstić information content (AvgIpc) is 2.37. The highest BCUT2D eigenvalue weighted by molar-refractivity contribution is 5.79. The number of aromatic amines is 1. The lowest BCUT2D eigenvalue weighted by Crippen LogP contribution is -2.49. The number of hydrogen-bond acceptors (Lipinski definition) is 4. The maximum Gasteiger partial charge on any atom is 0.325 e. The van der Waals surface area contributed by atoms with Crippen LogP contribution in [0, 0.1) is 0 Å². The Morgan fingerprint density at radius 2 is 2.21 bits per heavy atom. The number of fused-ring (bicyclic) bond motifs is 1. The summed E-state index contributed by atoms with van der Waals surface area (Å²) in [4.78, 5) is 25.9. The molecule has 1 aliphatic carbocycles. The first-order valence-corrected chi connectivity index (χ1v) is 6.52. The van der Waals surface area contributed by atoms with E-state index in [4.69, 9.17) is 4.74 Å². The van der Waals surface area contributed by atoms with Gasteiger partial charge in [0, 0.05) is 17.8 Å². The number of nitrogens with one attached hydrogen (secondary N) is 2. The van der Waals surface area contributed by atoms with Gasteiger partial charge in [0.05, 0.1) is 7.11 Å². The first-order valence-electron chi connectivity index (χ1n) is 6.52. The monoisotopic (exact) mass is 264 g/mol. The van der Waals surface area contributed by atoms with Gasteiger partial charge < -0.3 is 9.72 Å². The fourth-order valence-corrected chi connectivity index (χ4v) is 2.60. The van der Waals surface area contributed by atoms with Crippen LogP contribution in [-0.2, 0) is 16.0 Å². The van der Waals surface area contributed by atoms with Gasteiger partial charge in [-0.25, -0.2) is 0 Å². The second-order valence-electron chi connectivity index (χ2n) is 5.46. The topological polar surface area (TPSA) is 71.2 Å². The molecule has 1 atom stereocenters. The molecule has 5 heteroatoms. The molecule has 1 unspecified atom stereocenters. The Bertz CT molecular complexity index is 534. The molecular formula is C14H20N2O3. The molecular weight excluding hydrogens is 244 g/mol. The fraction of sp³-hybridized carbons (Fsp3) is 0.571. The van der Waals surface area contributed by atoms with Crippen LogP contribution < -0.4 is 10.9 Å². The van der Waals surface area contributed by atoms with E-state index < -0.39 is 5.54 Å². The first kappa shape index (κ1) is 13.8. The molecule has 0 aromatic carbocycles. The summed E-state index contributed by atoms with van der Waals surface area (Å²) < 4.78 is 4.80. The van der Waals surface area contributed by atoms with E-state index >= 15 is 0 Å². The van der Waals surface area contributed by atoms with Crippen molar-refractivity contribution < 1.29 is 9.53 Å². The highest BCUT2D eigenvalue weighted by Crippen LogP contribution is 2.29. The number of ether oxygens (including phenoxy) is 1. The summed E-state index contributed by atoms with van der Waals surface area (Å²) in [5.41, 5.74) is 1.22. The third-order valence-electron chi connectivity index (χ3n) is 3.56. The largest absolute Gasteiger partial charge is 0.468 e. The smallest absolute Gasteiger partial charge is 0.325 e. The van der Waals surface area contributed by atoms with Crippen LogP contribution in [0.5, 0.6) is 0 Å². The molecule has 2 N–H and O–H groups in total. The van der Waals surface area contributed by atoms with Crippen molar-refractivity contribution in [3.8, 4) is 0 Å². The number of carbonyl (C=O) groups excluding carboxylic acids is 1. The van der Waals surface area contributed by atoms with Gasteiger partial charge in [0.25, 0.3) is 0 Å². The van der Waals surface area contributed by atoms with Gasteiger partial charge in [0.2, 0.25) is 5.56 Å². The van der Waals surface area contributed by atoms with E-state index in [9.17, 15) is 9.59 Å². The second-order valence-corrected chi connectivity index (χ2v) is 5.46. The minimum atomic E-state index is -0.746. The standard InChI is InChI=1S/C14H20N2O3/c1-14(2,13(18)19-3)16-11-6-4-5-10-9(11)7-8-12(17)15-10/h7-8,11,16H,4-6H2,1-3H3,(H,15,17). The number of aryl methyl sites for hydroxylation is 1. The van der Waals surface area contributed by atoms with Crippen LogP contribution in [-0.4, -0.2) is 23.6 Å². The molecule has 2 rings (SSSR count). The van der Waals surface area contributed by atoms with Gasteiger partial charge in [-0.2, -0.15) is 0 Å². The Balaban J connectivity index is 2.25. The van der Waals surface area contributed by atoms with E-state index in [0.717, 1.165) is 30.5 Å². The van der Waals surface area contributed by atoms with Crippen molar-refractivity contribution in [2.75, 3.05) is 7.11 Å². The van der Waals surface area contributed by atoms with Crippen molar-refractivity contribution in [2.45, 2.75) is 44.7 Å². The highest BCUT2D eigenvalue weighted by atomic mass is 16.5. The first-order chi connectivity index (χ1) is 8.94. The molecule has 0 saturated carbocycles. The minimum Gasteiger partial charge on any atom is -0.468 e. The normalized spacial score (nSPS) is 18.8. The second kappa shape index (κ2) is 5.17. The lowest BCUT2D eigenvalue weighted by molar-refractivity contribution is -0.147. The van der Waals surface area contributed by atoms with Crippen LogP contribution >= 0.6 is 0 Å². The fourth-order valence-electron chi connectivity index (χ4n) is 2.60. The zero-order valence-corrected chi connectivity index (χ0v) is 11.6. The van der Waals surface area contributed by atoms with Crippen molar-refractivity contribution in [1.82, 2.24) is 10.3 Å². The van der Waals surface area contributed by atoms with Crippen LogP contribution in [0.25, 0.3) is 0 Å². The molecule has 1 aromatic rings. The molecule has 1 aromatic heterocycles. The minimum absolute atomic E-state index is 0.0645. The maximum absolute atomic E-state index is 11.7. The van der Waals surface area contributed by atoms with Gasteiger partial charge >= 0.3 is 5.97 Å². The zero-order chi connectivity index (χ0) is 14.0. The molecule has 0 fully saturated rings. The number of methoxy groups -OCH3 is 1. The number of carbonyl (C=O) groups is 1. The molecule has 0 bridgehead atoms. The van der Waals surface area contributed by atoms with E-state index in [1.165, 1.54) is 13.2 Å². The molecule has 5 nitrogen and oxygen atoms in total. The summed E-state index contributed by atoms with van der Waals surface area (Å²) >= 11 is 0. The lowest BCUT2D eigenvalue weighted by atomic mass is 9.89.